The minimum Gasteiger partial charge on any atom is -0.494 e. The van der Waals surface area contributed by atoms with Crippen LogP contribution in [0.25, 0.3) is 0 Å². The van der Waals surface area contributed by atoms with Crippen molar-refractivity contribution in [2.75, 3.05) is 7.11 Å². The lowest BCUT2D eigenvalue weighted by atomic mass is 9.97. The van der Waals surface area contributed by atoms with Crippen molar-refractivity contribution in [1.29, 1.82) is 0 Å². The van der Waals surface area contributed by atoms with E-state index >= 15 is 0 Å². The molecule has 0 heterocycles. The van der Waals surface area contributed by atoms with Gasteiger partial charge in [0.05, 0.1) is 17.6 Å². The summed E-state index contributed by atoms with van der Waals surface area (Å²) in [5, 5.41) is 2.86. The number of nitrogens with two attached hydrogens (primary N) is 1. The topological polar surface area (TPSA) is 64.3 Å². The summed E-state index contributed by atoms with van der Waals surface area (Å²) in [7, 11) is 1.37. The van der Waals surface area contributed by atoms with Gasteiger partial charge in [-0.3, -0.25) is 4.79 Å². The Morgan fingerprint density at radius 3 is 2.60 bits per heavy atom. The van der Waals surface area contributed by atoms with Crippen LogP contribution in [0.2, 0.25) is 0 Å². The molecule has 1 fully saturated rings. The smallest absolute Gasteiger partial charge is 0.252 e. The van der Waals surface area contributed by atoms with Crippen LogP contribution in [0.1, 0.15) is 36.0 Å². The molecule has 0 saturated heterocycles. The molecule has 0 atom stereocenters. The Bertz CT molecular complexity index is 542. The van der Waals surface area contributed by atoms with Gasteiger partial charge in [0.2, 0.25) is 0 Å². The summed E-state index contributed by atoms with van der Waals surface area (Å²) in [4.78, 5) is 12.5. The van der Waals surface area contributed by atoms with E-state index in [0.717, 1.165) is 31.7 Å². The summed E-state index contributed by atoms with van der Waals surface area (Å²) in [6.07, 6.45) is 3.39. The number of carbonyl (C=O) groups excluding carboxylic acids is 1. The van der Waals surface area contributed by atoms with E-state index in [2.05, 4.69) is 5.32 Å². The molecule has 1 aliphatic rings. The van der Waals surface area contributed by atoms with Crippen LogP contribution in [0.5, 0.6) is 5.75 Å². The molecule has 108 valence electrons. The summed E-state index contributed by atoms with van der Waals surface area (Å²) < 4.78 is 18.4. The van der Waals surface area contributed by atoms with Crippen molar-refractivity contribution in [3.63, 3.8) is 0 Å². The van der Waals surface area contributed by atoms with Crippen molar-refractivity contribution in [3.8, 4) is 5.75 Å². The number of hydrogen-bond acceptors (Lipinski definition) is 3. The second-order valence-corrected chi connectivity index (χ2v) is 5.40. The second kappa shape index (κ2) is 5.75. The first-order chi connectivity index (χ1) is 9.48. The highest BCUT2D eigenvalue weighted by Crippen LogP contribution is 2.30. The Hall–Kier alpha value is -1.69. The fourth-order valence-corrected chi connectivity index (χ4v) is 2.76. The van der Waals surface area contributed by atoms with E-state index in [9.17, 15) is 9.18 Å². The molecule has 0 aromatic heterocycles. The highest BCUT2D eigenvalue weighted by molar-refractivity contribution is 7.80. The highest BCUT2D eigenvalue weighted by atomic mass is 32.1. The molecule has 0 spiro atoms. The summed E-state index contributed by atoms with van der Waals surface area (Å²) in [6.45, 7) is 0. The normalized spacial score (nSPS) is 16.7. The van der Waals surface area contributed by atoms with Crippen LogP contribution >= 0.6 is 12.2 Å². The summed E-state index contributed by atoms with van der Waals surface area (Å²) >= 11 is 5.07. The number of nitrogens with one attached hydrogen (secondary N) is 1. The number of halogens is 1. The fourth-order valence-electron chi connectivity index (χ4n) is 2.51. The maximum absolute atomic E-state index is 13.6. The SMILES string of the molecule is COc1ccc(C(=O)NC2(C(N)=S)CCCC2)cc1F. The van der Waals surface area contributed by atoms with Gasteiger partial charge in [-0.25, -0.2) is 4.39 Å². The number of amides is 1. The van der Waals surface area contributed by atoms with E-state index in [1.165, 1.54) is 19.2 Å². The lowest BCUT2D eigenvalue weighted by Crippen LogP contribution is -2.54. The largest absolute Gasteiger partial charge is 0.494 e. The maximum Gasteiger partial charge on any atom is 0.252 e. The Balaban J connectivity index is 2.19. The molecule has 0 radical (unpaired) electrons. The van der Waals surface area contributed by atoms with Crippen LogP contribution in [-0.4, -0.2) is 23.5 Å². The highest BCUT2D eigenvalue weighted by Gasteiger charge is 2.38. The zero-order valence-electron chi connectivity index (χ0n) is 11.2. The van der Waals surface area contributed by atoms with Gasteiger partial charge < -0.3 is 15.8 Å². The monoisotopic (exact) mass is 296 g/mol. The number of hydrogen-bond donors (Lipinski definition) is 2. The molecule has 0 aliphatic heterocycles. The van der Waals surface area contributed by atoms with Gasteiger partial charge >= 0.3 is 0 Å². The van der Waals surface area contributed by atoms with E-state index in [0.29, 0.717) is 0 Å². The molecule has 20 heavy (non-hydrogen) atoms. The molecular formula is C14H17FN2O2S. The molecule has 1 aromatic rings. The fraction of sp³-hybridized carbons (Fsp3) is 0.429. The molecule has 2 rings (SSSR count). The lowest BCUT2D eigenvalue weighted by molar-refractivity contribution is 0.0924. The molecular weight excluding hydrogens is 279 g/mol. The molecule has 1 aliphatic carbocycles. The van der Waals surface area contributed by atoms with Gasteiger partial charge in [0, 0.05) is 5.56 Å². The Morgan fingerprint density at radius 2 is 2.10 bits per heavy atom. The zero-order chi connectivity index (χ0) is 14.8. The van der Waals surface area contributed by atoms with Gasteiger partial charge in [-0.2, -0.15) is 0 Å². The molecule has 0 unspecified atom stereocenters. The Morgan fingerprint density at radius 1 is 1.45 bits per heavy atom. The number of carbonyl (C=O) groups is 1. The zero-order valence-corrected chi connectivity index (χ0v) is 12.1. The minimum absolute atomic E-state index is 0.103. The second-order valence-electron chi connectivity index (χ2n) is 4.96. The van der Waals surface area contributed by atoms with E-state index in [1.807, 2.05) is 0 Å². The molecule has 0 bridgehead atoms. The van der Waals surface area contributed by atoms with Gasteiger partial charge in [-0.1, -0.05) is 25.1 Å². The molecule has 3 N–H and O–H groups in total. The van der Waals surface area contributed by atoms with E-state index in [-0.39, 0.29) is 22.2 Å². The lowest BCUT2D eigenvalue weighted by Gasteiger charge is -2.29. The number of benzene rings is 1. The first kappa shape index (κ1) is 14.7. The van der Waals surface area contributed by atoms with Crippen LogP contribution in [0, 0.1) is 5.82 Å². The van der Waals surface area contributed by atoms with Crippen LogP contribution < -0.4 is 15.8 Å². The van der Waals surface area contributed by atoms with Crippen molar-refractivity contribution >= 4 is 23.1 Å². The van der Waals surface area contributed by atoms with E-state index in [1.54, 1.807) is 0 Å². The summed E-state index contributed by atoms with van der Waals surface area (Å²) in [5.74, 6) is -0.844. The van der Waals surface area contributed by atoms with Crippen molar-refractivity contribution in [2.24, 2.45) is 5.73 Å². The van der Waals surface area contributed by atoms with Crippen molar-refractivity contribution in [3.05, 3.63) is 29.6 Å². The molecule has 1 aromatic carbocycles. The number of methoxy groups -OCH3 is 1. The van der Waals surface area contributed by atoms with Crippen molar-refractivity contribution in [2.45, 2.75) is 31.2 Å². The Labute approximate surface area is 122 Å². The van der Waals surface area contributed by atoms with Crippen LogP contribution in [0.4, 0.5) is 4.39 Å². The van der Waals surface area contributed by atoms with E-state index in [4.69, 9.17) is 22.7 Å². The van der Waals surface area contributed by atoms with Gasteiger partial charge in [-0.05, 0) is 31.0 Å². The summed E-state index contributed by atoms with van der Waals surface area (Å²) in [5.41, 5.74) is 5.35. The third-order valence-corrected chi connectivity index (χ3v) is 4.09. The van der Waals surface area contributed by atoms with E-state index < -0.39 is 11.4 Å². The third-order valence-electron chi connectivity index (χ3n) is 3.70. The predicted octanol–water partition coefficient (Wildman–Crippen LogP) is 2.16. The standard InChI is InChI=1S/C14H17FN2O2S/c1-19-11-5-4-9(8-10(11)15)12(18)17-14(13(16)20)6-2-3-7-14/h4-5,8H,2-3,6-7H2,1H3,(H2,16,20)(H,17,18). The molecule has 6 heteroatoms. The van der Waals surface area contributed by atoms with Gasteiger partial charge in [0.1, 0.15) is 0 Å². The first-order valence-corrected chi connectivity index (χ1v) is 6.85. The minimum atomic E-state index is -0.636. The van der Waals surface area contributed by atoms with Gasteiger partial charge in [0.15, 0.2) is 11.6 Å². The van der Waals surface area contributed by atoms with Crippen molar-refractivity contribution < 1.29 is 13.9 Å². The summed E-state index contributed by atoms with van der Waals surface area (Å²) in [6, 6.07) is 4.09. The van der Waals surface area contributed by atoms with Gasteiger partial charge in [0.25, 0.3) is 5.91 Å². The number of rotatable bonds is 4. The quantitative estimate of drug-likeness (QED) is 0.836. The number of thiocarbonyl (C=S) groups is 1. The first-order valence-electron chi connectivity index (χ1n) is 6.44. The molecule has 4 nitrogen and oxygen atoms in total. The average molecular weight is 296 g/mol. The van der Waals surface area contributed by atoms with Crippen LogP contribution in [0.15, 0.2) is 18.2 Å². The predicted molar refractivity (Wildman–Crippen MR) is 78.4 cm³/mol. The maximum atomic E-state index is 13.6. The van der Waals surface area contributed by atoms with Crippen LogP contribution in [0.3, 0.4) is 0 Å². The van der Waals surface area contributed by atoms with Crippen molar-refractivity contribution in [1.82, 2.24) is 5.32 Å². The number of ether oxygens (including phenoxy) is 1. The van der Waals surface area contributed by atoms with Crippen LogP contribution in [-0.2, 0) is 0 Å². The third kappa shape index (κ3) is 2.75. The average Bonchev–Trinajstić information content (AvgIpc) is 2.88. The van der Waals surface area contributed by atoms with Gasteiger partial charge in [-0.15, -0.1) is 0 Å². The molecule has 1 amide bonds. The molecule has 1 saturated carbocycles. The Kier molecular flexibility index (Phi) is 4.23.